The van der Waals surface area contributed by atoms with Crippen molar-refractivity contribution in [1.82, 2.24) is 15.1 Å². The summed E-state index contributed by atoms with van der Waals surface area (Å²) in [6.07, 6.45) is 0.0694. The number of amides is 1. The van der Waals surface area contributed by atoms with Crippen LogP contribution in [-0.2, 0) is 19.0 Å². The maximum Gasteiger partial charge on any atom is 0.246 e. The molecule has 1 aliphatic heterocycles. The lowest BCUT2D eigenvalue weighted by Crippen LogP contribution is -2.45. The van der Waals surface area contributed by atoms with Gasteiger partial charge in [0.15, 0.2) is 0 Å². The molecule has 1 amide bonds. The van der Waals surface area contributed by atoms with Gasteiger partial charge in [-0.25, -0.2) is 0 Å². The van der Waals surface area contributed by atoms with Gasteiger partial charge in [-0.15, -0.1) is 0 Å². The second-order valence-electron chi connectivity index (χ2n) is 6.08. The quantitative estimate of drug-likeness (QED) is 0.500. The number of hydrogen-bond donors (Lipinski definition) is 1. The zero-order valence-corrected chi connectivity index (χ0v) is 14.9. The van der Waals surface area contributed by atoms with Gasteiger partial charge in [0.2, 0.25) is 5.91 Å². The van der Waals surface area contributed by atoms with Crippen LogP contribution in [0.5, 0.6) is 0 Å². The van der Waals surface area contributed by atoms with E-state index >= 15 is 0 Å². The van der Waals surface area contributed by atoms with E-state index in [1.54, 1.807) is 0 Å². The second kappa shape index (κ2) is 12.7. The highest BCUT2D eigenvalue weighted by molar-refractivity contribution is 5.77. The van der Waals surface area contributed by atoms with Gasteiger partial charge in [-0.3, -0.25) is 9.69 Å². The van der Waals surface area contributed by atoms with Crippen LogP contribution < -0.4 is 5.32 Å². The minimum Gasteiger partial charge on any atom is -0.378 e. The summed E-state index contributed by atoms with van der Waals surface area (Å²) in [4.78, 5) is 16.1. The molecule has 136 valence electrons. The number of likely N-dealkylation sites (N-methyl/N-ethyl adjacent to an activating group) is 1. The van der Waals surface area contributed by atoms with Gasteiger partial charge in [-0.1, -0.05) is 0 Å². The van der Waals surface area contributed by atoms with E-state index in [1.165, 1.54) is 0 Å². The van der Waals surface area contributed by atoms with Crippen molar-refractivity contribution in [1.29, 1.82) is 0 Å². The molecule has 7 nitrogen and oxygen atoms in total. The molecule has 0 radical (unpaired) electrons. The normalized spacial score (nSPS) is 16.9. The van der Waals surface area contributed by atoms with Crippen molar-refractivity contribution in [2.45, 2.75) is 20.0 Å². The lowest BCUT2D eigenvalue weighted by atomic mass is 10.3. The third-order valence-corrected chi connectivity index (χ3v) is 3.64. The molecule has 1 saturated heterocycles. The smallest absolute Gasteiger partial charge is 0.246 e. The Bertz CT molecular complexity index is 308. The number of hydrogen-bond acceptors (Lipinski definition) is 6. The number of piperazine rings is 1. The number of rotatable bonds is 12. The number of nitrogens with one attached hydrogen (secondary N) is 1. The van der Waals surface area contributed by atoms with Crippen LogP contribution in [0, 0.1) is 0 Å². The van der Waals surface area contributed by atoms with Crippen molar-refractivity contribution < 1.29 is 19.0 Å². The molecule has 0 aliphatic carbocycles. The molecular formula is C16H33N3O4. The van der Waals surface area contributed by atoms with E-state index in [0.29, 0.717) is 26.4 Å². The molecular weight excluding hydrogens is 298 g/mol. The first-order valence-electron chi connectivity index (χ1n) is 8.52. The number of nitrogens with zero attached hydrogens (tertiary/aromatic N) is 2. The summed E-state index contributed by atoms with van der Waals surface area (Å²) in [5, 5.41) is 2.75. The van der Waals surface area contributed by atoms with E-state index in [2.05, 4.69) is 22.2 Å². The molecule has 0 unspecified atom stereocenters. The summed E-state index contributed by atoms with van der Waals surface area (Å²) in [6, 6.07) is 0. The van der Waals surface area contributed by atoms with E-state index < -0.39 is 0 Å². The van der Waals surface area contributed by atoms with Crippen molar-refractivity contribution in [3.05, 3.63) is 0 Å². The molecule has 23 heavy (non-hydrogen) atoms. The largest absolute Gasteiger partial charge is 0.378 e. The van der Waals surface area contributed by atoms with Crippen molar-refractivity contribution in [3.8, 4) is 0 Å². The maximum absolute atomic E-state index is 11.4. The molecule has 0 atom stereocenters. The fourth-order valence-electron chi connectivity index (χ4n) is 2.14. The molecule has 0 aromatic carbocycles. The highest BCUT2D eigenvalue weighted by atomic mass is 16.5. The van der Waals surface area contributed by atoms with E-state index in [4.69, 9.17) is 14.2 Å². The lowest BCUT2D eigenvalue weighted by molar-refractivity contribution is -0.127. The van der Waals surface area contributed by atoms with Gasteiger partial charge in [0.05, 0.1) is 32.5 Å². The first-order chi connectivity index (χ1) is 11.1. The van der Waals surface area contributed by atoms with Crippen LogP contribution in [0.2, 0.25) is 0 Å². The van der Waals surface area contributed by atoms with Crippen LogP contribution in [0.15, 0.2) is 0 Å². The van der Waals surface area contributed by atoms with Gasteiger partial charge in [-0.05, 0) is 20.9 Å². The maximum atomic E-state index is 11.4. The Labute approximate surface area is 140 Å². The molecule has 0 aromatic heterocycles. The molecule has 1 aliphatic rings. The van der Waals surface area contributed by atoms with Crippen LogP contribution in [0.1, 0.15) is 13.8 Å². The predicted molar refractivity (Wildman–Crippen MR) is 89.7 cm³/mol. The molecule has 1 heterocycles. The summed E-state index contributed by atoms with van der Waals surface area (Å²) >= 11 is 0. The molecule has 1 fully saturated rings. The van der Waals surface area contributed by atoms with Crippen LogP contribution in [0.3, 0.4) is 0 Å². The Morgan fingerprint density at radius 3 is 2.35 bits per heavy atom. The van der Waals surface area contributed by atoms with E-state index in [-0.39, 0.29) is 18.6 Å². The molecule has 0 aromatic rings. The van der Waals surface area contributed by atoms with Crippen molar-refractivity contribution >= 4 is 5.91 Å². The third kappa shape index (κ3) is 11.4. The zero-order chi connectivity index (χ0) is 16.9. The van der Waals surface area contributed by atoms with Crippen molar-refractivity contribution in [3.63, 3.8) is 0 Å². The molecule has 7 heteroatoms. The number of ether oxygens (including phenoxy) is 3. The third-order valence-electron chi connectivity index (χ3n) is 3.64. The summed E-state index contributed by atoms with van der Waals surface area (Å²) in [6.45, 7) is 12.3. The van der Waals surface area contributed by atoms with E-state index in [0.717, 1.165) is 39.3 Å². The molecule has 1 N–H and O–H groups in total. The standard InChI is InChI=1S/C16H33N3O4/c1-15(2)23-14-16(20)17-4-10-21-12-13-22-11-9-19-7-5-18(3)6-8-19/h15H,4-14H2,1-3H3,(H,17,20). The SMILES string of the molecule is CC(C)OCC(=O)NCCOCCOCCN1CCN(C)CC1. The number of carbonyl (C=O) groups is 1. The van der Waals surface area contributed by atoms with Gasteiger partial charge in [0, 0.05) is 39.3 Å². The topological polar surface area (TPSA) is 63.3 Å². The second-order valence-corrected chi connectivity index (χ2v) is 6.08. The fraction of sp³-hybridized carbons (Fsp3) is 0.938. The first kappa shape index (κ1) is 20.3. The summed E-state index contributed by atoms with van der Waals surface area (Å²) in [7, 11) is 2.16. The van der Waals surface area contributed by atoms with Crippen molar-refractivity contribution in [2.75, 3.05) is 79.4 Å². The first-order valence-corrected chi connectivity index (χ1v) is 8.52. The zero-order valence-electron chi connectivity index (χ0n) is 14.9. The van der Waals surface area contributed by atoms with Crippen molar-refractivity contribution in [2.24, 2.45) is 0 Å². The Morgan fingerprint density at radius 2 is 1.70 bits per heavy atom. The Kier molecular flexibility index (Phi) is 11.2. The molecule has 1 rings (SSSR count). The Morgan fingerprint density at radius 1 is 1.04 bits per heavy atom. The van der Waals surface area contributed by atoms with Gasteiger partial charge < -0.3 is 24.4 Å². The fourth-order valence-corrected chi connectivity index (χ4v) is 2.14. The average molecular weight is 331 g/mol. The average Bonchev–Trinajstić information content (AvgIpc) is 2.53. The molecule has 0 bridgehead atoms. The van der Waals surface area contributed by atoms with Gasteiger partial charge in [0.25, 0.3) is 0 Å². The van der Waals surface area contributed by atoms with Gasteiger partial charge in [-0.2, -0.15) is 0 Å². The highest BCUT2D eigenvalue weighted by Crippen LogP contribution is 1.98. The van der Waals surface area contributed by atoms with E-state index in [1.807, 2.05) is 13.8 Å². The minimum absolute atomic E-state index is 0.0694. The Hall–Kier alpha value is -0.730. The number of carbonyl (C=O) groups excluding carboxylic acids is 1. The Balaban J connectivity index is 1.80. The van der Waals surface area contributed by atoms with Crippen LogP contribution in [-0.4, -0.2) is 101 Å². The van der Waals surface area contributed by atoms with Crippen LogP contribution in [0.25, 0.3) is 0 Å². The van der Waals surface area contributed by atoms with Gasteiger partial charge >= 0.3 is 0 Å². The van der Waals surface area contributed by atoms with E-state index in [9.17, 15) is 4.79 Å². The minimum atomic E-state index is -0.106. The summed E-state index contributed by atoms with van der Waals surface area (Å²) < 4.78 is 16.2. The van der Waals surface area contributed by atoms with Gasteiger partial charge in [0.1, 0.15) is 6.61 Å². The monoisotopic (exact) mass is 331 g/mol. The summed E-state index contributed by atoms with van der Waals surface area (Å²) in [5.74, 6) is -0.106. The predicted octanol–water partition coefficient (Wildman–Crippen LogP) is -0.192. The summed E-state index contributed by atoms with van der Waals surface area (Å²) in [5.41, 5.74) is 0. The lowest BCUT2D eigenvalue weighted by Gasteiger charge is -2.32. The highest BCUT2D eigenvalue weighted by Gasteiger charge is 2.12. The van der Waals surface area contributed by atoms with Crippen LogP contribution >= 0.6 is 0 Å². The van der Waals surface area contributed by atoms with Crippen LogP contribution in [0.4, 0.5) is 0 Å². The molecule has 0 saturated carbocycles. The molecule has 0 spiro atoms.